The van der Waals surface area contributed by atoms with E-state index in [9.17, 15) is 0 Å². The number of ether oxygens (including phenoxy) is 2. The van der Waals surface area contributed by atoms with E-state index >= 15 is 0 Å². The number of amidine groups is 1. The van der Waals surface area contributed by atoms with Gasteiger partial charge in [0.15, 0.2) is 0 Å². The number of nitrogen functional groups attached to an aromatic ring is 1. The van der Waals surface area contributed by atoms with Crippen LogP contribution in [0.3, 0.4) is 0 Å². The fourth-order valence-corrected chi connectivity index (χ4v) is 1.49. The van der Waals surface area contributed by atoms with Gasteiger partial charge < -0.3 is 15.2 Å². The molecule has 1 aromatic carbocycles. The van der Waals surface area contributed by atoms with E-state index in [0.29, 0.717) is 23.9 Å². The summed E-state index contributed by atoms with van der Waals surface area (Å²) in [4.78, 5) is 8.01. The first-order valence-electron chi connectivity index (χ1n) is 5.61. The monoisotopic (exact) mass is 258 g/mol. The summed E-state index contributed by atoms with van der Waals surface area (Å²) in [5.74, 6) is 0.875. The lowest BCUT2D eigenvalue weighted by Crippen LogP contribution is -2.13. The van der Waals surface area contributed by atoms with Crippen LogP contribution in [0.4, 0.5) is 0 Å². The van der Waals surface area contributed by atoms with Crippen LogP contribution in [0.2, 0.25) is 0 Å². The molecule has 6 nitrogen and oxygen atoms in total. The predicted molar refractivity (Wildman–Crippen MR) is 70.3 cm³/mol. The lowest BCUT2D eigenvalue weighted by molar-refractivity contribution is 0.184. The van der Waals surface area contributed by atoms with E-state index < -0.39 is 0 Å². The van der Waals surface area contributed by atoms with E-state index in [1.165, 1.54) is 12.4 Å². The Hall–Kier alpha value is -2.47. The Morgan fingerprint density at radius 3 is 2.79 bits per heavy atom. The molecule has 1 heterocycles. The van der Waals surface area contributed by atoms with Gasteiger partial charge in [-0.2, -0.15) is 0 Å². The summed E-state index contributed by atoms with van der Waals surface area (Å²) in [6.45, 7) is 0.520. The summed E-state index contributed by atoms with van der Waals surface area (Å²) in [5, 5.41) is 7.22. The van der Waals surface area contributed by atoms with Crippen molar-refractivity contribution in [2.75, 3.05) is 7.11 Å². The number of aromatic nitrogens is 2. The zero-order valence-corrected chi connectivity index (χ0v) is 10.5. The second-order valence-electron chi connectivity index (χ2n) is 3.84. The topological polar surface area (TPSA) is 94.1 Å². The third-order valence-electron chi connectivity index (χ3n) is 2.34. The Kier molecular flexibility index (Phi) is 4.04. The lowest BCUT2D eigenvalue weighted by atomic mass is 10.2. The van der Waals surface area contributed by atoms with Gasteiger partial charge in [-0.05, 0) is 17.7 Å². The maximum absolute atomic E-state index is 7.22. The molecule has 19 heavy (non-hydrogen) atoms. The van der Waals surface area contributed by atoms with Crippen LogP contribution in [0.15, 0.2) is 36.7 Å². The molecule has 6 heteroatoms. The molecular formula is C13H14N4O2. The molecule has 2 aromatic rings. The first kappa shape index (κ1) is 13.0. The second kappa shape index (κ2) is 5.92. The van der Waals surface area contributed by atoms with Crippen LogP contribution >= 0.6 is 0 Å². The molecule has 0 saturated carbocycles. The molecule has 0 fully saturated rings. The number of hydrogen-bond acceptors (Lipinski definition) is 5. The summed E-state index contributed by atoms with van der Waals surface area (Å²) in [5.41, 5.74) is 6.62. The molecule has 3 N–H and O–H groups in total. The Labute approximate surface area is 110 Å². The van der Waals surface area contributed by atoms with Gasteiger partial charge in [-0.1, -0.05) is 12.1 Å². The molecule has 0 spiro atoms. The van der Waals surface area contributed by atoms with Gasteiger partial charge in [-0.15, -0.1) is 0 Å². The minimum atomic E-state index is -0.124. The van der Waals surface area contributed by atoms with Gasteiger partial charge in [0, 0.05) is 7.11 Å². The molecule has 98 valence electrons. The third-order valence-corrected chi connectivity index (χ3v) is 2.34. The maximum atomic E-state index is 7.22. The first-order chi connectivity index (χ1) is 9.19. The fourth-order valence-electron chi connectivity index (χ4n) is 1.49. The van der Waals surface area contributed by atoms with Crippen molar-refractivity contribution >= 4 is 5.84 Å². The molecule has 0 amide bonds. The van der Waals surface area contributed by atoms with Gasteiger partial charge in [0.25, 0.3) is 0 Å². The smallest absolute Gasteiger partial charge is 0.237 e. The highest BCUT2D eigenvalue weighted by Gasteiger charge is 2.03. The largest absolute Gasteiger partial charge is 0.437 e. The third kappa shape index (κ3) is 3.49. The van der Waals surface area contributed by atoms with Crippen molar-refractivity contribution in [1.29, 1.82) is 5.41 Å². The summed E-state index contributed by atoms with van der Waals surface area (Å²) >= 11 is 0. The molecule has 0 unspecified atom stereocenters. The molecule has 0 bridgehead atoms. The van der Waals surface area contributed by atoms with Gasteiger partial charge >= 0.3 is 0 Å². The van der Waals surface area contributed by atoms with Gasteiger partial charge in [-0.25, -0.2) is 9.97 Å². The number of hydrogen-bond donors (Lipinski definition) is 2. The fraction of sp³-hybridized carbons (Fsp3) is 0.154. The normalized spacial score (nSPS) is 10.2. The van der Waals surface area contributed by atoms with Crippen molar-refractivity contribution in [3.63, 3.8) is 0 Å². The second-order valence-corrected chi connectivity index (χ2v) is 3.84. The Balaban J connectivity index is 2.12. The quantitative estimate of drug-likeness (QED) is 0.628. The van der Waals surface area contributed by atoms with Crippen LogP contribution in [0.5, 0.6) is 11.6 Å². The average Bonchev–Trinajstić information content (AvgIpc) is 2.40. The molecule has 1 aromatic heterocycles. The van der Waals surface area contributed by atoms with Crippen LogP contribution in [0, 0.1) is 5.41 Å². The highest BCUT2D eigenvalue weighted by atomic mass is 16.5. The van der Waals surface area contributed by atoms with Crippen molar-refractivity contribution in [3.8, 4) is 11.6 Å². The molecule has 0 aliphatic rings. The maximum Gasteiger partial charge on any atom is 0.237 e. The van der Waals surface area contributed by atoms with Crippen LogP contribution in [-0.2, 0) is 11.3 Å². The molecule has 0 atom stereocenters. The van der Waals surface area contributed by atoms with E-state index in [1.54, 1.807) is 7.11 Å². The number of benzene rings is 1. The number of methoxy groups -OCH3 is 1. The average molecular weight is 258 g/mol. The van der Waals surface area contributed by atoms with Crippen LogP contribution in [-0.4, -0.2) is 22.9 Å². The van der Waals surface area contributed by atoms with Crippen molar-refractivity contribution in [3.05, 3.63) is 47.9 Å². The Morgan fingerprint density at radius 2 is 2.16 bits per heavy atom. The summed E-state index contributed by atoms with van der Waals surface area (Å²) in [6.07, 6.45) is 2.83. The van der Waals surface area contributed by atoms with Crippen molar-refractivity contribution in [1.82, 2.24) is 9.97 Å². The van der Waals surface area contributed by atoms with Crippen LogP contribution < -0.4 is 10.5 Å². The number of nitrogens with zero attached hydrogens (tertiary/aromatic N) is 2. The standard InChI is InChI=1S/C13H14N4O2/c1-18-8-9-3-2-4-10(5-9)19-12-7-16-11(6-17-12)13(14)15/h2-7H,8H2,1H3,(H3,14,15). The van der Waals surface area contributed by atoms with E-state index in [-0.39, 0.29) is 5.84 Å². The highest BCUT2D eigenvalue weighted by Crippen LogP contribution is 2.20. The van der Waals surface area contributed by atoms with Crippen molar-refractivity contribution in [2.45, 2.75) is 6.61 Å². The van der Waals surface area contributed by atoms with E-state index in [1.807, 2.05) is 24.3 Å². The molecule has 0 radical (unpaired) electrons. The molecule has 0 aliphatic heterocycles. The zero-order chi connectivity index (χ0) is 13.7. The van der Waals surface area contributed by atoms with Gasteiger partial charge in [0.05, 0.1) is 19.0 Å². The Morgan fingerprint density at radius 1 is 1.32 bits per heavy atom. The zero-order valence-electron chi connectivity index (χ0n) is 10.5. The van der Waals surface area contributed by atoms with Gasteiger partial charge in [-0.3, -0.25) is 5.41 Å². The number of rotatable bonds is 5. The summed E-state index contributed by atoms with van der Waals surface area (Å²) < 4.78 is 10.6. The first-order valence-corrected chi connectivity index (χ1v) is 5.61. The lowest BCUT2D eigenvalue weighted by Gasteiger charge is -2.06. The van der Waals surface area contributed by atoms with Crippen molar-refractivity contribution in [2.24, 2.45) is 5.73 Å². The highest BCUT2D eigenvalue weighted by molar-refractivity contribution is 5.92. The number of nitrogens with one attached hydrogen (secondary N) is 1. The number of nitrogens with two attached hydrogens (primary N) is 1. The molecule has 0 aliphatic carbocycles. The minimum absolute atomic E-state index is 0.124. The minimum Gasteiger partial charge on any atom is -0.437 e. The SMILES string of the molecule is COCc1cccc(Oc2cnc(C(=N)N)cn2)c1. The van der Waals surface area contributed by atoms with Crippen LogP contribution in [0.1, 0.15) is 11.3 Å². The Bertz CT molecular complexity index is 569. The van der Waals surface area contributed by atoms with Crippen LogP contribution in [0.25, 0.3) is 0 Å². The van der Waals surface area contributed by atoms with E-state index in [0.717, 1.165) is 5.56 Å². The molecule has 2 rings (SSSR count). The van der Waals surface area contributed by atoms with Gasteiger partial charge in [0.2, 0.25) is 5.88 Å². The summed E-state index contributed by atoms with van der Waals surface area (Å²) in [7, 11) is 1.64. The van der Waals surface area contributed by atoms with E-state index in [2.05, 4.69) is 9.97 Å². The van der Waals surface area contributed by atoms with Crippen molar-refractivity contribution < 1.29 is 9.47 Å². The molecule has 0 saturated heterocycles. The molecular weight excluding hydrogens is 244 g/mol. The van der Waals surface area contributed by atoms with Gasteiger partial charge in [0.1, 0.15) is 17.3 Å². The predicted octanol–water partition coefficient (Wildman–Crippen LogP) is 1.70. The van der Waals surface area contributed by atoms with E-state index in [4.69, 9.17) is 20.6 Å². The summed E-state index contributed by atoms with van der Waals surface area (Å²) in [6, 6.07) is 7.51.